The van der Waals surface area contributed by atoms with Crippen LogP contribution in [0.25, 0.3) is 0 Å². The molecular formula is C29H40ClN5O3S. The number of likely N-dealkylation sites (tertiary alicyclic amines) is 1. The van der Waals surface area contributed by atoms with Crippen LogP contribution in [-0.4, -0.2) is 57.0 Å². The molecule has 212 valence electrons. The van der Waals surface area contributed by atoms with E-state index in [4.69, 9.17) is 27.1 Å². The Hall–Kier alpha value is -2.88. The van der Waals surface area contributed by atoms with E-state index in [0.717, 1.165) is 37.8 Å². The van der Waals surface area contributed by atoms with Gasteiger partial charge in [0, 0.05) is 0 Å². The Morgan fingerprint density at radius 3 is 2.46 bits per heavy atom. The molecule has 0 bridgehead atoms. The Morgan fingerprint density at radius 2 is 1.85 bits per heavy atom. The number of aryl methyl sites for hydroxylation is 1. The third-order valence-electron chi connectivity index (χ3n) is 6.67. The number of sulfone groups is 1. The van der Waals surface area contributed by atoms with Crippen LogP contribution in [0.15, 0.2) is 62.5 Å². The number of hydrogen-bond donors (Lipinski definition) is 2. The van der Waals surface area contributed by atoms with Crippen LogP contribution in [0.4, 0.5) is 11.4 Å². The Kier molecular flexibility index (Phi) is 10.6. The highest BCUT2D eigenvalue weighted by Gasteiger charge is 2.25. The molecule has 1 saturated heterocycles. The van der Waals surface area contributed by atoms with E-state index in [0.29, 0.717) is 23.0 Å². The van der Waals surface area contributed by atoms with Crippen molar-refractivity contribution in [3.63, 3.8) is 0 Å². The summed E-state index contributed by atoms with van der Waals surface area (Å²) in [6.45, 7) is 11.4. The van der Waals surface area contributed by atoms with E-state index in [1.54, 1.807) is 38.1 Å². The van der Waals surface area contributed by atoms with Crippen LogP contribution in [0.2, 0.25) is 0 Å². The van der Waals surface area contributed by atoms with Crippen LogP contribution in [0.5, 0.6) is 5.75 Å². The molecular weight excluding hydrogens is 534 g/mol. The molecule has 0 spiro atoms. The number of nitrogens with one attached hydrogen (secondary N) is 1. The number of amidine groups is 1. The molecule has 1 aliphatic rings. The van der Waals surface area contributed by atoms with Crippen molar-refractivity contribution in [1.82, 2.24) is 4.90 Å². The zero-order valence-corrected chi connectivity index (χ0v) is 25.2. The number of nitrogens with zero attached hydrogens (tertiary/aromatic N) is 3. The second-order valence-electron chi connectivity index (χ2n) is 10.4. The standard InChI is InChI=1S/C29H40ClN5O3S/c1-19(2)38-27-16-23(22-11-13-35(6)14-12-22)21(5)15-26(27)34-29(24(30)17-32-18-31)33-25-9-7-8-10-28(25)39(36,37)20(3)4/h7-10,15-20,22H,11-14H2,1-6H3,(H2,31,32)(H,33,34)/b24-17+. The number of para-hydroxylation sites is 1. The molecule has 3 rings (SSSR count). The fourth-order valence-electron chi connectivity index (χ4n) is 4.51. The quantitative estimate of drug-likeness (QED) is 0.282. The fraction of sp³-hybridized carbons (Fsp3) is 0.448. The van der Waals surface area contributed by atoms with E-state index >= 15 is 0 Å². The first-order valence-corrected chi connectivity index (χ1v) is 15.1. The fourth-order valence-corrected chi connectivity index (χ4v) is 5.86. The Labute approximate surface area is 237 Å². The predicted molar refractivity (Wildman–Crippen MR) is 163 cm³/mol. The summed E-state index contributed by atoms with van der Waals surface area (Å²) in [5.41, 5.74) is 8.74. The molecule has 0 aromatic heterocycles. The minimum absolute atomic E-state index is 0.0758. The highest BCUT2D eigenvalue weighted by atomic mass is 35.5. The normalized spacial score (nSPS) is 16.4. The third kappa shape index (κ3) is 7.84. The van der Waals surface area contributed by atoms with Crippen LogP contribution in [0.1, 0.15) is 57.6 Å². The minimum Gasteiger partial charge on any atom is -0.489 e. The number of aliphatic imine (C=N–C) groups is 2. The summed E-state index contributed by atoms with van der Waals surface area (Å²) in [4.78, 5) is 11.3. The summed E-state index contributed by atoms with van der Waals surface area (Å²) < 4.78 is 32.4. The lowest BCUT2D eigenvalue weighted by Gasteiger charge is -2.30. The average molecular weight is 574 g/mol. The van der Waals surface area contributed by atoms with E-state index in [9.17, 15) is 8.42 Å². The van der Waals surface area contributed by atoms with Crippen LogP contribution in [0, 0.1) is 6.92 Å². The molecule has 0 radical (unpaired) electrons. The van der Waals surface area contributed by atoms with Crippen molar-refractivity contribution in [3.05, 3.63) is 58.8 Å². The monoisotopic (exact) mass is 573 g/mol. The van der Waals surface area contributed by atoms with Gasteiger partial charge in [0.1, 0.15) is 16.5 Å². The SMILES string of the molecule is Cc1cc(\N=C(Nc2ccccc2S(=O)(=O)C(C)C)/C(Cl)=C\N=C\N)c(OC(C)C)cc1C1CCN(C)CC1. The maximum Gasteiger partial charge on any atom is 0.182 e. The van der Waals surface area contributed by atoms with E-state index in [2.05, 4.69) is 35.2 Å². The maximum absolute atomic E-state index is 13.1. The van der Waals surface area contributed by atoms with E-state index in [1.807, 2.05) is 19.9 Å². The van der Waals surface area contributed by atoms with Gasteiger partial charge in [-0.25, -0.2) is 18.4 Å². The molecule has 1 heterocycles. The lowest BCUT2D eigenvalue weighted by molar-refractivity contribution is 0.240. The van der Waals surface area contributed by atoms with Gasteiger partial charge in [-0.1, -0.05) is 23.7 Å². The number of benzene rings is 2. The molecule has 39 heavy (non-hydrogen) atoms. The minimum atomic E-state index is -3.58. The topological polar surface area (TPSA) is 109 Å². The van der Waals surface area contributed by atoms with Crippen molar-refractivity contribution in [2.45, 2.75) is 69.6 Å². The smallest absolute Gasteiger partial charge is 0.182 e. The predicted octanol–water partition coefficient (Wildman–Crippen LogP) is 5.98. The molecule has 10 heteroatoms. The second kappa shape index (κ2) is 13.5. The zero-order valence-electron chi connectivity index (χ0n) is 23.6. The third-order valence-corrected chi connectivity index (χ3v) is 9.16. The molecule has 2 aromatic carbocycles. The van der Waals surface area contributed by atoms with Gasteiger partial charge in [-0.15, -0.1) is 0 Å². The highest BCUT2D eigenvalue weighted by Crippen LogP contribution is 2.39. The van der Waals surface area contributed by atoms with Crippen molar-refractivity contribution >= 4 is 45.0 Å². The van der Waals surface area contributed by atoms with Gasteiger partial charge in [0.25, 0.3) is 0 Å². The number of piperidine rings is 1. The molecule has 2 aromatic rings. The van der Waals surface area contributed by atoms with Gasteiger partial charge in [0.2, 0.25) is 0 Å². The molecule has 1 aliphatic heterocycles. The van der Waals surface area contributed by atoms with Crippen molar-refractivity contribution in [3.8, 4) is 5.75 Å². The molecule has 0 saturated carbocycles. The van der Waals surface area contributed by atoms with Gasteiger partial charge in [-0.3, -0.25) is 0 Å². The molecule has 8 nitrogen and oxygen atoms in total. The first-order valence-electron chi connectivity index (χ1n) is 13.2. The van der Waals surface area contributed by atoms with E-state index in [-0.39, 0.29) is 21.9 Å². The van der Waals surface area contributed by atoms with E-state index in [1.165, 1.54) is 11.8 Å². The van der Waals surface area contributed by atoms with Gasteiger partial charge in [-0.05, 0) is 109 Å². The average Bonchev–Trinajstić information content (AvgIpc) is 2.88. The van der Waals surface area contributed by atoms with Gasteiger partial charge in [-0.2, -0.15) is 0 Å². The lowest BCUT2D eigenvalue weighted by Crippen LogP contribution is -2.29. The van der Waals surface area contributed by atoms with Crippen molar-refractivity contribution in [1.29, 1.82) is 0 Å². The summed E-state index contributed by atoms with van der Waals surface area (Å²) in [6.07, 6.45) is 4.57. The molecule has 1 fully saturated rings. The maximum atomic E-state index is 13.1. The molecule has 0 aliphatic carbocycles. The number of hydrogen-bond acceptors (Lipinski definition) is 6. The highest BCUT2D eigenvalue weighted by molar-refractivity contribution is 7.92. The summed E-state index contributed by atoms with van der Waals surface area (Å²) in [5, 5.41) is 2.69. The van der Waals surface area contributed by atoms with Gasteiger partial charge >= 0.3 is 0 Å². The van der Waals surface area contributed by atoms with Gasteiger partial charge in [0.05, 0.1) is 34.5 Å². The number of halogens is 1. The number of nitrogens with two attached hydrogens (primary N) is 1. The van der Waals surface area contributed by atoms with E-state index < -0.39 is 15.1 Å². The number of rotatable bonds is 9. The summed E-state index contributed by atoms with van der Waals surface area (Å²) >= 11 is 6.62. The Morgan fingerprint density at radius 1 is 1.18 bits per heavy atom. The van der Waals surface area contributed by atoms with Crippen LogP contribution >= 0.6 is 11.6 Å². The molecule has 0 amide bonds. The first kappa shape index (κ1) is 30.7. The number of ether oxygens (including phenoxy) is 1. The van der Waals surface area contributed by atoms with Gasteiger partial charge in [0.15, 0.2) is 15.7 Å². The molecule has 0 atom stereocenters. The lowest BCUT2D eigenvalue weighted by atomic mass is 9.86. The Bertz CT molecular complexity index is 1340. The van der Waals surface area contributed by atoms with Crippen molar-refractivity contribution < 1.29 is 13.2 Å². The van der Waals surface area contributed by atoms with Crippen LogP contribution < -0.4 is 15.8 Å². The van der Waals surface area contributed by atoms with Gasteiger partial charge < -0.3 is 20.7 Å². The summed E-state index contributed by atoms with van der Waals surface area (Å²) in [6, 6.07) is 10.8. The Balaban J connectivity index is 2.15. The van der Waals surface area contributed by atoms with Crippen molar-refractivity contribution in [2.75, 3.05) is 25.5 Å². The summed E-state index contributed by atoms with van der Waals surface area (Å²) in [7, 11) is -1.43. The molecule has 3 N–H and O–H groups in total. The molecule has 0 unspecified atom stereocenters. The largest absolute Gasteiger partial charge is 0.489 e. The van der Waals surface area contributed by atoms with Crippen LogP contribution in [0.3, 0.4) is 0 Å². The zero-order chi connectivity index (χ0) is 28.7. The number of anilines is 1. The second-order valence-corrected chi connectivity index (χ2v) is 13.3. The van der Waals surface area contributed by atoms with Crippen molar-refractivity contribution in [2.24, 2.45) is 15.7 Å². The van der Waals surface area contributed by atoms with Crippen LogP contribution in [-0.2, 0) is 9.84 Å². The first-order chi connectivity index (χ1) is 18.4. The summed E-state index contributed by atoms with van der Waals surface area (Å²) in [5.74, 6) is 1.30.